The zero-order chi connectivity index (χ0) is 10.3. The third-order valence-electron chi connectivity index (χ3n) is 1.59. The van der Waals surface area contributed by atoms with Crippen LogP contribution in [0.4, 0.5) is 4.39 Å². The smallest absolute Gasteiger partial charge is 0.273 e. The monoisotopic (exact) mass is 213 g/mol. The Morgan fingerprint density at radius 2 is 2.00 bits per heavy atom. The maximum absolute atomic E-state index is 12.7. The van der Waals surface area contributed by atoms with Crippen molar-refractivity contribution < 1.29 is 17.4 Å². The molecule has 0 aliphatic carbocycles. The third kappa shape index (κ3) is 9.72. The fraction of sp³-hybridized carbons (Fsp3) is 1.00. The lowest BCUT2D eigenvalue weighted by molar-refractivity contribution is 0.278. The van der Waals surface area contributed by atoms with Crippen LogP contribution >= 0.6 is 0 Å². The minimum absolute atomic E-state index is 0.111. The molecule has 6 heteroatoms. The average Bonchev–Trinajstić information content (AvgIpc) is 1.94. The van der Waals surface area contributed by atoms with Crippen molar-refractivity contribution in [2.75, 3.05) is 0 Å². The van der Waals surface area contributed by atoms with Gasteiger partial charge in [-0.2, -0.15) is 13.1 Å². The van der Waals surface area contributed by atoms with E-state index in [1.165, 1.54) is 4.72 Å². The van der Waals surface area contributed by atoms with E-state index in [0.717, 1.165) is 19.3 Å². The van der Waals surface area contributed by atoms with E-state index in [1.807, 2.05) is 6.92 Å². The standard InChI is InChI=1S/C7H16FNO3S/c1-2-3-4-5-6-7(8)9-13(10,11)12/h7,9H,2-6H2,1H3,(H,10,11,12). The van der Waals surface area contributed by atoms with Gasteiger partial charge in [-0.25, -0.2) is 4.39 Å². The van der Waals surface area contributed by atoms with Crippen LogP contribution in [0.5, 0.6) is 0 Å². The Labute approximate surface area is 78.4 Å². The highest BCUT2D eigenvalue weighted by atomic mass is 32.2. The number of halogens is 1. The lowest BCUT2D eigenvalue weighted by Crippen LogP contribution is -2.30. The molecule has 0 aromatic carbocycles. The summed E-state index contributed by atoms with van der Waals surface area (Å²) in [5.74, 6) is 0. The number of nitrogens with one attached hydrogen (secondary N) is 1. The molecule has 0 rings (SSSR count). The van der Waals surface area contributed by atoms with Gasteiger partial charge in [0.05, 0.1) is 0 Å². The Bertz CT molecular complexity index is 218. The van der Waals surface area contributed by atoms with Gasteiger partial charge in [-0.15, -0.1) is 0 Å². The molecule has 0 aromatic rings. The normalized spacial score (nSPS) is 14.4. The van der Waals surface area contributed by atoms with E-state index >= 15 is 0 Å². The van der Waals surface area contributed by atoms with Crippen LogP contribution in [0.1, 0.15) is 39.0 Å². The summed E-state index contributed by atoms with van der Waals surface area (Å²) in [6.07, 6.45) is 2.00. The Morgan fingerprint density at radius 3 is 2.46 bits per heavy atom. The molecule has 0 heterocycles. The molecule has 4 nitrogen and oxygen atoms in total. The Morgan fingerprint density at radius 1 is 1.38 bits per heavy atom. The van der Waals surface area contributed by atoms with Gasteiger partial charge in [0, 0.05) is 0 Å². The van der Waals surface area contributed by atoms with Crippen LogP contribution < -0.4 is 4.72 Å². The zero-order valence-electron chi connectivity index (χ0n) is 7.66. The molecule has 0 radical (unpaired) electrons. The molecule has 0 aliphatic rings. The predicted octanol–water partition coefficient (Wildman–Crippen LogP) is 1.64. The van der Waals surface area contributed by atoms with Crippen molar-refractivity contribution >= 4 is 10.3 Å². The molecule has 80 valence electrons. The van der Waals surface area contributed by atoms with Crippen LogP contribution in [-0.2, 0) is 10.3 Å². The van der Waals surface area contributed by atoms with E-state index in [1.54, 1.807) is 0 Å². The zero-order valence-corrected chi connectivity index (χ0v) is 8.48. The van der Waals surface area contributed by atoms with Crippen molar-refractivity contribution in [1.29, 1.82) is 0 Å². The molecule has 1 unspecified atom stereocenters. The number of alkyl halides is 1. The molecule has 0 aliphatic heterocycles. The van der Waals surface area contributed by atoms with Crippen LogP contribution in [0, 0.1) is 0 Å². The molecule has 13 heavy (non-hydrogen) atoms. The van der Waals surface area contributed by atoms with Gasteiger partial charge in [0.25, 0.3) is 0 Å². The predicted molar refractivity (Wildman–Crippen MR) is 48.3 cm³/mol. The molecular formula is C7H16FNO3S. The van der Waals surface area contributed by atoms with E-state index in [2.05, 4.69) is 0 Å². The average molecular weight is 213 g/mol. The Balaban J connectivity index is 3.47. The largest absolute Gasteiger partial charge is 0.335 e. The number of hydrogen-bond acceptors (Lipinski definition) is 2. The highest BCUT2D eigenvalue weighted by molar-refractivity contribution is 7.83. The summed E-state index contributed by atoms with van der Waals surface area (Å²) < 4.78 is 42.6. The summed E-state index contributed by atoms with van der Waals surface area (Å²) in [4.78, 5) is 0. The first kappa shape index (κ1) is 12.8. The Kier molecular flexibility index (Phi) is 6.19. The number of rotatable bonds is 7. The van der Waals surface area contributed by atoms with Gasteiger partial charge in [0.2, 0.25) is 0 Å². The molecule has 0 saturated heterocycles. The molecule has 0 spiro atoms. The van der Waals surface area contributed by atoms with Crippen LogP contribution in [0.15, 0.2) is 0 Å². The van der Waals surface area contributed by atoms with Crippen LogP contribution in [0.3, 0.4) is 0 Å². The summed E-state index contributed by atoms with van der Waals surface area (Å²) in [7, 11) is -4.39. The molecule has 0 bridgehead atoms. The van der Waals surface area contributed by atoms with Gasteiger partial charge in [-0.05, 0) is 12.8 Å². The second-order valence-electron chi connectivity index (χ2n) is 2.91. The van der Waals surface area contributed by atoms with Gasteiger partial charge in [-0.1, -0.05) is 26.2 Å². The van der Waals surface area contributed by atoms with E-state index in [0.29, 0.717) is 6.42 Å². The first-order valence-corrected chi connectivity index (χ1v) is 5.78. The summed E-state index contributed by atoms with van der Waals surface area (Å²) in [6.45, 7) is 2.03. The van der Waals surface area contributed by atoms with Gasteiger partial charge in [0.1, 0.15) is 0 Å². The van der Waals surface area contributed by atoms with Crippen molar-refractivity contribution in [2.45, 2.75) is 45.3 Å². The fourth-order valence-corrected chi connectivity index (χ4v) is 1.41. The second kappa shape index (κ2) is 6.28. The summed E-state index contributed by atoms with van der Waals surface area (Å²) in [5, 5.41) is 0. The molecule has 0 fully saturated rings. The van der Waals surface area contributed by atoms with Gasteiger partial charge in [0.15, 0.2) is 6.30 Å². The van der Waals surface area contributed by atoms with Gasteiger partial charge >= 0.3 is 10.3 Å². The van der Waals surface area contributed by atoms with E-state index in [-0.39, 0.29) is 6.42 Å². The fourth-order valence-electron chi connectivity index (χ4n) is 0.971. The third-order valence-corrected chi connectivity index (χ3v) is 2.14. The molecule has 0 aromatic heterocycles. The minimum atomic E-state index is -4.39. The Hall–Kier alpha value is -0.200. The van der Waals surface area contributed by atoms with Crippen LogP contribution in [0.2, 0.25) is 0 Å². The van der Waals surface area contributed by atoms with Crippen molar-refractivity contribution in [2.24, 2.45) is 0 Å². The minimum Gasteiger partial charge on any atom is -0.273 e. The first-order valence-electron chi connectivity index (χ1n) is 4.34. The van der Waals surface area contributed by atoms with E-state index in [9.17, 15) is 12.8 Å². The van der Waals surface area contributed by atoms with Crippen LogP contribution in [0.25, 0.3) is 0 Å². The van der Waals surface area contributed by atoms with Gasteiger partial charge in [-0.3, -0.25) is 4.55 Å². The summed E-state index contributed by atoms with van der Waals surface area (Å²) >= 11 is 0. The molecule has 0 amide bonds. The summed E-state index contributed by atoms with van der Waals surface area (Å²) in [6, 6.07) is 0. The summed E-state index contributed by atoms with van der Waals surface area (Å²) in [5.41, 5.74) is 0. The maximum atomic E-state index is 12.7. The number of hydrogen-bond donors (Lipinski definition) is 2. The first-order chi connectivity index (χ1) is 5.95. The second-order valence-corrected chi connectivity index (χ2v) is 4.10. The van der Waals surface area contributed by atoms with Crippen LogP contribution in [-0.4, -0.2) is 19.3 Å². The molecule has 1 atom stereocenters. The van der Waals surface area contributed by atoms with Crippen molar-refractivity contribution in [3.63, 3.8) is 0 Å². The van der Waals surface area contributed by atoms with Crippen molar-refractivity contribution in [3.8, 4) is 0 Å². The highest BCUT2D eigenvalue weighted by Crippen LogP contribution is 2.06. The number of unbranched alkanes of at least 4 members (excludes halogenated alkanes) is 3. The molecular weight excluding hydrogens is 197 g/mol. The lowest BCUT2D eigenvalue weighted by Gasteiger charge is -2.06. The van der Waals surface area contributed by atoms with E-state index in [4.69, 9.17) is 4.55 Å². The topological polar surface area (TPSA) is 66.4 Å². The van der Waals surface area contributed by atoms with E-state index < -0.39 is 16.6 Å². The van der Waals surface area contributed by atoms with Gasteiger partial charge < -0.3 is 0 Å². The SMILES string of the molecule is CCCCCCC(F)NS(=O)(=O)O. The molecule has 0 saturated carbocycles. The lowest BCUT2D eigenvalue weighted by atomic mass is 10.1. The van der Waals surface area contributed by atoms with Crippen molar-refractivity contribution in [1.82, 2.24) is 4.72 Å². The highest BCUT2D eigenvalue weighted by Gasteiger charge is 2.12. The maximum Gasteiger partial charge on any atom is 0.335 e. The molecule has 2 N–H and O–H groups in total. The van der Waals surface area contributed by atoms with Crippen molar-refractivity contribution in [3.05, 3.63) is 0 Å². The quantitative estimate of drug-likeness (QED) is 0.384.